The average molecular weight is 323 g/mol. The molecule has 122 valence electrons. The van der Waals surface area contributed by atoms with Crippen LogP contribution in [-0.2, 0) is 9.78 Å². The van der Waals surface area contributed by atoms with Gasteiger partial charge in [0, 0.05) is 0 Å². The fraction of sp³-hybridized carbons (Fsp3) is 1.00. The van der Waals surface area contributed by atoms with E-state index >= 15 is 0 Å². The minimum Gasteiger partial charge on any atom is -0.235 e. The molecule has 0 unspecified atom stereocenters. The minimum absolute atomic E-state index is 0.433. The first-order chi connectivity index (χ1) is 9.77. The quantitative estimate of drug-likeness (QED) is 0.116. The standard InChI is InChI=1S/C16H34O2S2/c1-2-3-4-5-6-7-8-9-10-11-12-13-14-15-17-18-16(19)20/h16,19-20H,2-15H2,1H3. The van der Waals surface area contributed by atoms with Gasteiger partial charge in [-0.3, -0.25) is 0 Å². The Morgan fingerprint density at radius 3 is 1.45 bits per heavy atom. The van der Waals surface area contributed by atoms with Gasteiger partial charge in [-0.25, -0.2) is 9.78 Å². The predicted molar refractivity (Wildman–Crippen MR) is 94.5 cm³/mol. The third kappa shape index (κ3) is 18.6. The summed E-state index contributed by atoms with van der Waals surface area (Å²) in [4.78, 5) is 9.72. The molecule has 0 radical (unpaired) electrons. The SMILES string of the molecule is CCCCCCCCCCCCCCCOOC(S)S. The number of rotatable bonds is 16. The highest BCUT2D eigenvalue weighted by Crippen LogP contribution is 2.12. The zero-order valence-corrected chi connectivity index (χ0v) is 15.0. The van der Waals surface area contributed by atoms with Crippen molar-refractivity contribution >= 4 is 25.3 Å². The van der Waals surface area contributed by atoms with E-state index in [1.807, 2.05) is 0 Å². The number of hydrogen-bond acceptors (Lipinski definition) is 4. The molecule has 0 aromatic rings. The molecule has 0 rings (SSSR count). The van der Waals surface area contributed by atoms with Crippen molar-refractivity contribution < 1.29 is 9.78 Å². The molecule has 0 aromatic heterocycles. The van der Waals surface area contributed by atoms with Crippen LogP contribution in [0.3, 0.4) is 0 Å². The summed E-state index contributed by atoms with van der Waals surface area (Å²) in [5.74, 6) is 0. The molecule has 0 atom stereocenters. The van der Waals surface area contributed by atoms with Crippen LogP contribution in [-0.4, -0.2) is 11.4 Å². The van der Waals surface area contributed by atoms with E-state index in [4.69, 9.17) is 9.78 Å². The maximum atomic E-state index is 4.94. The molecule has 0 spiro atoms. The Balaban J connectivity index is 2.92. The van der Waals surface area contributed by atoms with Crippen molar-refractivity contribution in [2.45, 2.75) is 95.2 Å². The summed E-state index contributed by atoms with van der Waals surface area (Å²) in [5.41, 5.74) is 0. The highest BCUT2D eigenvalue weighted by Gasteiger charge is 1.96. The molecule has 0 saturated carbocycles. The van der Waals surface area contributed by atoms with Crippen LogP contribution in [0.5, 0.6) is 0 Å². The molecule has 0 aliphatic heterocycles. The number of unbranched alkanes of at least 4 members (excludes halogenated alkanes) is 12. The lowest BCUT2D eigenvalue weighted by Gasteiger charge is -2.05. The number of thiol groups is 2. The molecule has 4 heteroatoms. The molecule has 0 saturated heterocycles. The normalized spacial score (nSPS) is 11.4. The lowest BCUT2D eigenvalue weighted by Crippen LogP contribution is -2.00. The number of hydrogen-bond donors (Lipinski definition) is 2. The van der Waals surface area contributed by atoms with Crippen molar-refractivity contribution in [2.24, 2.45) is 0 Å². The smallest absolute Gasteiger partial charge is 0.179 e. The fourth-order valence-corrected chi connectivity index (χ4v) is 2.41. The van der Waals surface area contributed by atoms with Crippen LogP contribution < -0.4 is 0 Å². The Kier molecular flexibility index (Phi) is 18.2. The van der Waals surface area contributed by atoms with E-state index in [0.717, 1.165) is 6.42 Å². The van der Waals surface area contributed by atoms with Crippen LogP contribution in [0.4, 0.5) is 0 Å². The van der Waals surface area contributed by atoms with E-state index in [1.54, 1.807) is 0 Å². The summed E-state index contributed by atoms with van der Waals surface area (Å²) >= 11 is 7.88. The van der Waals surface area contributed by atoms with Gasteiger partial charge in [0.15, 0.2) is 4.77 Å². The van der Waals surface area contributed by atoms with E-state index in [-0.39, 0.29) is 0 Å². The largest absolute Gasteiger partial charge is 0.235 e. The van der Waals surface area contributed by atoms with Crippen LogP contribution in [0.15, 0.2) is 0 Å². The van der Waals surface area contributed by atoms with Crippen molar-refractivity contribution in [1.82, 2.24) is 0 Å². The molecule has 0 heterocycles. The van der Waals surface area contributed by atoms with Crippen molar-refractivity contribution in [3.8, 4) is 0 Å². The highest BCUT2D eigenvalue weighted by atomic mass is 32.2. The van der Waals surface area contributed by atoms with Crippen LogP contribution in [0.25, 0.3) is 0 Å². The molecule has 0 aromatic carbocycles. The maximum absolute atomic E-state index is 4.94. The van der Waals surface area contributed by atoms with Gasteiger partial charge in [0.2, 0.25) is 0 Å². The van der Waals surface area contributed by atoms with Gasteiger partial charge in [-0.1, -0.05) is 84.0 Å². The van der Waals surface area contributed by atoms with Gasteiger partial charge >= 0.3 is 0 Å². The summed E-state index contributed by atoms with van der Waals surface area (Å²) in [7, 11) is 0. The summed E-state index contributed by atoms with van der Waals surface area (Å²) in [5, 5.41) is 0. The monoisotopic (exact) mass is 322 g/mol. The van der Waals surface area contributed by atoms with Gasteiger partial charge < -0.3 is 0 Å². The van der Waals surface area contributed by atoms with Gasteiger partial charge in [0.05, 0.1) is 6.61 Å². The summed E-state index contributed by atoms with van der Waals surface area (Å²) in [6.07, 6.45) is 17.7. The van der Waals surface area contributed by atoms with Crippen molar-refractivity contribution in [1.29, 1.82) is 0 Å². The predicted octanol–water partition coefficient (Wildman–Crippen LogP) is 6.17. The molecule has 0 amide bonds. The lowest BCUT2D eigenvalue weighted by molar-refractivity contribution is -0.286. The first-order valence-electron chi connectivity index (χ1n) is 8.41. The lowest BCUT2D eigenvalue weighted by atomic mass is 10.0. The second kappa shape index (κ2) is 17.7. The second-order valence-corrected chi connectivity index (χ2v) is 6.83. The fourth-order valence-electron chi connectivity index (χ4n) is 2.29. The van der Waals surface area contributed by atoms with E-state index in [2.05, 4.69) is 32.2 Å². The summed E-state index contributed by atoms with van der Waals surface area (Å²) in [6, 6.07) is 0. The first-order valence-corrected chi connectivity index (χ1v) is 9.45. The van der Waals surface area contributed by atoms with Gasteiger partial charge in [0.1, 0.15) is 0 Å². The van der Waals surface area contributed by atoms with Crippen LogP contribution in [0.1, 0.15) is 90.4 Å². The van der Waals surface area contributed by atoms with E-state index in [0.29, 0.717) is 6.61 Å². The molecule has 0 bridgehead atoms. The molecule has 0 N–H and O–H groups in total. The van der Waals surface area contributed by atoms with Crippen molar-refractivity contribution in [2.75, 3.05) is 6.61 Å². The van der Waals surface area contributed by atoms with Gasteiger partial charge in [-0.2, -0.15) is 0 Å². The van der Waals surface area contributed by atoms with Gasteiger partial charge in [-0.05, 0) is 6.42 Å². The Hall–Kier alpha value is 0.620. The summed E-state index contributed by atoms with van der Waals surface area (Å²) in [6.45, 7) is 2.92. The first kappa shape index (κ1) is 20.6. The highest BCUT2D eigenvalue weighted by molar-refractivity contribution is 7.98. The molecule has 2 nitrogen and oxygen atoms in total. The molecule has 0 aliphatic carbocycles. The zero-order valence-electron chi connectivity index (χ0n) is 13.2. The van der Waals surface area contributed by atoms with Crippen LogP contribution in [0, 0.1) is 0 Å². The molecule has 20 heavy (non-hydrogen) atoms. The average Bonchev–Trinajstić information content (AvgIpc) is 2.43. The van der Waals surface area contributed by atoms with Gasteiger partial charge in [0.25, 0.3) is 0 Å². The maximum Gasteiger partial charge on any atom is 0.179 e. The van der Waals surface area contributed by atoms with E-state index in [1.165, 1.54) is 77.0 Å². The minimum atomic E-state index is -0.433. The van der Waals surface area contributed by atoms with Crippen molar-refractivity contribution in [3.05, 3.63) is 0 Å². The van der Waals surface area contributed by atoms with E-state index in [9.17, 15) is 0 Å². The third-order valence-corrected chi connectivity index (χ3v) is 3.66. The molecular weight excluding hydrogens is 288 g/mol. The second-order valence-electron chi connectivity index (χ2n) is 5.49. The summed E-state index contributed by atoms with van der Waals surface area (Å²) < 4.78 is -0.433. The Morgan fingerprint density at radius 1 is 0.650 bits per heavy atom. The topological polar surface area (TPSA) is 18.5 Å². The third-order valence-electron chi connectivity index (χ3n) is 3.49. The van der Waals surface area contributed by atoms with Gasteiger partial charge in [-0.15, -0.1) is 25.3 Å². The molecule has 0 fully saturated rings. The Bertz CT molecular complexity index is 178. The van der Waals surface area contributed by atoms with Crippen molar-refractivity contribution in [3.63, 3.8) is 0 Å². The molecular formula is C16H34O2S2. The van der Waals surface area contributed by atoms with Crippen LogP contribution >= 0.6 is 25.3 Å². The zero-order chi connectivity index (χ0) is 14.9. The van der Waals surface area contributed by atoms with E-state index < -0.39 is 4.77 Å². The Morgan fingerprint density at radius 2 is 1.05 bits per heavy atom. The van der Waals surface area contributed by atoms with Crippen LogP contribution in [0.2, 0.25) is 0 Å². The Labute approximate surface area is 137 Å². The molecule has 0 aliphatic rings.